The summed E-state index contributed by atoms with van der Waals surface area (Å²) in [5.74, 6) is 0. The Hall–Kier alpha value is -1.93. The highest BCUT2D eigenvalue weighted by atomic mass is 32.2. The van der Waals surface area contributed by atoms with Gasteiger partial charge in [0.2, 0.25) is 10.0 Å². The summed E-state index contributed by atoms with van der Waals surface area (Å²) in [7, 11) is -3.68. The number of aromatic nitrogens is 2. The number of fused-ring (bicyclic) bond motifs is 1. The lowest BCUT2D eigenvalue weighted by atomic mass is 10.2. The minimum absolute atomic E-state index is 0.0113. The lowest BCUT2D eigenvalue weighted by Crippen LogP contribution is -2.32. The van der Waals surface area contributed by atoms with Crippen molar-refractivity contribution in [3.05, 3.63) is 39.0 Å². The standard InChI is InChI=1S/C12H15N3O4S/c1-3-7(2)15-20(18,19)8-4-5-10-9(6-8)11(16)14-12(17)13-10/h4-7,15H,3H2,1-2H3,(H2,13,14,16,17). The zero-order valence-electron chi connectivity index (χ0n) is 11.1. The van der Waals surface area contributed by atoms with Crippen LogP contribution < -0.4 is 16.0 Å². The first kappa shape index (κ1) is 14.5. The Balaban J connectivity index is 2.57. The van der Waals surface area contributed by atoms with E-state index in [0.29, 0.717) is 11.9 Å². The van der Waals surface area contributed by atoms with E-state index in [2.05, 4.69) is 14.7 Å². The molecule has 0 spiro atoms. The van der Waals surface area contributed by atoms with Crippen molar-refractivity contribution in [2.24, 2.45) is 0 Å². The van der Waals surface area contributed by atoms with Gasteiger partial charge in [0.05, 0.1) is 15.8 Å². The fourth-order valence-electron chi connectivity index (χ4n) is 1.73. The third-order valence-electron chi connectivity index (χ3n) is 2.99. The molecule has 0 saturated carbocycles. The molecule has 2 aromatic rings. The lowest BCUT2D eigenvalue weighted by molar-refractivity contribution is 0.556. The smallest absolute Gasteiger partial charge is 0.307 e. The van der Waals surface area contributed by atoms with Crippen LogP contribution in [0.2, 0.25) is 0 Å². The number of aromatic amines is 2. The number of nitrogens with one attached hydrogen (secondary N) is 3. The van der Waals surface area contributed by atoms with Crippen molar-refractivity contribution in [3.8, 4) is 0 Å². The molecule has 7 nitrogen and oxygen atoms in total. The van der Waals surface area contributed by atoms with E-state index in [0.717, 1.165) is 0 Å². The van der Waals surface area contributed by atoms with Crippen LogP contribution >= 0.6 is 0 Å². The minimum Gasteiger partial charge on any atom is -0.307 e. The lowest BCUT2D eigenvalue weighted by Gasteiger charge is -2.12. The Morgan fingerprint density at radius 3 is 2.60 bits per heavy atom. The second kappa shape index (κ2) is 5.22. The van der Waals surface area contributed by atoms with Gasteiger partial charge in [0.25, 0.3) is 5.56 Å². The van der Waals surface area contributed by atoms with Gasteiger partial charge in [0.15, 0.2) is 0 Å². The van der Waals surface area contributed by atoms with Crippen molar-refractivity contribution in [3.63, 3.8) is 0 Å². The van der Waals surface area contributed by atoms with E-state index in [9.17, 15) is 18.0 Å². The van der Waals surface area contributed by atoms with Gasteiger partial charge in [-0.1, -0.05) is 6.92 Å². The zero-order valence-corrected chi connectivity index (χ0v) is 11.9. The minimum atomic E-state index is -3.68. The van der Waals surface area contributed by atoms with Crippen molar-refractivity contribution < 1.29 is 8.42 Å². The van der Waals surface area contributed by atoms with Gasteiger partial charge in [-0.05, 0) is 31.5 Å². The summed E-state index contributed by atoms with van der Waals surface area (Å²) in [6.45, 7) is 3.62. The third kappa shape index (κ3) is 2.81. The fourth-order valence-corrected chi connectivity index (χ4v) is 3.08. The van der Waals surface area contributed by atoms with Gasteiger partial charge in [0.1, 0.15) is 0 Å². The molecule has 2 rings (SSSR count). The number of rotatable bonds is 4. The second-order valence-electron chi connectivity index (χ2n) is 4.55. The Labute approximate surface area is 115 Å². The van der Waals surface area contributed by atoms with Crippen molar-refractivity contribution in [1.29, 1.82) is 0 Å². The van der Waals surface area contributed by atoms with Crippen LogP contribution in [-0.2, 0) is 10.0 Å². The first-order valence-electron chi connectivity index (χ1n) is 6.12. The number of hydrogen-bond acceptors (Lipinski definition) is 4. The van der Waals surface area contributed by atoms with E-state index in [1.54, 1.807) is 6.92 Å². The van der Waals surface area contributed by atoms with Gasteiger partial charge in [0, 0.05) is 6.04 Å². The summed E-state index contributed by atoms with van der Waals surface area (Å²) in [6.07, 6.45) is 0.653. The quantitative estimate of drug-likeness (QED) is 0.753. The van der Waals surface area contributed by atoms with Gasteiger partial charge >= 0.3 is 5.69 Å². The molecule has 0 aliphatic heterocycles. The molecule has 1 aromatic carbocycles. The molecule has 1 unspecified atom stereocenters. The van der Waals surface area contributed by atoms with Crippen molar-refractivity contribution in [2.75, 3.05) is 0 Å². The SMILES string of the molecule is CCC(C)NS(=O)(=O)c1ccc2[nH]c(=O)[nH]c(=O)c2c1. The van der Waals surface area contributed by atoms with Crippen LogP contribution in [0.15, 0.2) is 32.7 Å². The predicted molar refractivity (Wildman–Crippen MR) is 75.3 cm³/mol. The molecule has 0 fully saturated rings. The van der Waals surface area contributed by atoms with Crippen LogP contribution in [0.3, 0.4) is 0 Å². The monoisotopic (exact) mass is 297 g/mol. The average molecular weight is 297 g/mol. The highest BCUT2D eigenvalue weighted by Crippen LogP contribution is 2.14. The fraction of sp³-hybridized carbons (Fsp3) is 0.333. The molecule has 0 aliphatic carbocycles. The molecular formula is C12H15N3O4S. The van der Waals surface area contributed by atoms with E-state index in [1.165, 1.54) is 18.2 Å². The Kier molecular flexibility index (Phi) is 3.78. The Morgan fingerprint density at radius 2 is 1.95 bits per heavy atom. The van der Waals surface area contributed by atoms with E-state index in [1.807, 2.05) is 6.92 Å². The highest BCUT2D eigenvalue weighted by molar-refractivity contribution is 7.89. The maximum Gasteiger partial charge on any atom is 0.326 e. The van der Waals surface area contributed by atoms with Crippen LogP contribution in [0.5, 0.6) is 0 Å². The molecule has 8 heteroatoms. The molecule has 0 amide bonds. The summed E-state index contributed by atoms with van der Waals surface area (Å²) in [5.41, 5.74) is -0.957. The van der Waals surface area contributed by atoms with E-state index in [4.69, 9.17) is 0 Å². The second-order valence-corrected chi connectivity index (χ2v) is 6.26. The van der Waals surface area contributed by atoms with Crippen molar-refractivity contribution in [2.45, 2.75) is 31.2 Å². The molecule has 0 bridgehead atoms. The number of H-pyrrole nitrogens is 2. The molecule has 1 heterocycles. The Morgan fingerprint density at radius 1 is 1.25 bits per heavy atom. The molecule has 3 N–H and O–H groups in total. The number of hydrogen-bond donors (Lipinski definition) is 3. The van der Waals surface area contributed by atoms with Crippen LogP contribution in [0, 0.1) is 0 Å². The molecule has 1 aromatic heterocycles. The summed E-state index contributed by atoms with van der Waals surface area (Å²) in [6, 6.07) is 3.79. The van der Waals surface area contributed by atoms with Gasteiger partial charge < -0.3 is 4.98 Å². The molecule has 20 heavy (non-hydrogen) atoms. The molecule has 0 aliphatic rings. The predicted octanol–water partition coefficient (Wildman–Crippen LogP) is 0.293. The first-order valence-corrected chi connectivity index (χ1v) is 7.60. The van der Waals surface area contributed by atoms with Crippen LogP contribution in [0.1, 0.15) is 20.3 Å². The average Bonchev–Trinajstić information content (AvgIpc) is 2.37. The summed E-state index contributed by atoms with van der Waals surface area (Å²) < 4.78 is 26.8. The largest absolute Gasteiger partial charge is 0.326 e. The van der Waals surface area contributed by atoms with Gasteiger partial charge in [-0.25, -0.2) is 17.9 Å². The van der Waals surface area contributed by atoms with Crippen LogP contribution in [0.25, 0.3) is 10.9 Å². The van der Waals surface area contributed by atoms with Crippen LogP contribution in [0.4, 0.5) is 0 Å². The van der Waals surface area contributed by atoms with Gasteiger partial charge in [-0.3, -0.25) is 9.78 Å². The molecule has 0 saturated heterocycles. The zero-order chi connectivity index (χ0) is 14.9. The van der Waals surface area contributed by atoms with Crippen molar-refractivity contribution >= 4 is 20.9 Å². The molecule has 108 valence electrons. The third-order valence-corrected chi connectivity index (χ3v) is 4.58. The van der Waals surface area contributed by atoms with E-state index < -0.39 is 21.3 Å². The van der Waals surface area contributed by atoms with E-state index >= 15 is 0 Å². The highest BCUT2D eigenvalue weighted by Gasteiger charge is 2.17. The first-order chi connectivity index (χ1) is 9.33. The Bertz CT molecular complexity index is 851. The maximum absolute atomic E-state index is 12.1. The van der Waals surface area contributed by atoms with Gasteiger partial charge in [-0.15, -0.1) is 0 Å². The van der Waals surface area contributed by atoms with Crippen LogP contribution in [-0.4, -0.2) is 24.4 Å². The molecule has 1 atom stereocenters. The summed E-state index contributed by atoms with van der Waals surface area (Å²) >= 11 is 0. The maximum atomic E-state index is 12.1. The number of benzene rings is 1. The summed E-state index contributed by atoms with van der Waals surface area (Å²) in [5, 5.41) is 0.122. The molecule has 0 radical (unpaired) electrons. The molecular weight excluding hydrogens is 282 g/mol. The van der Waals surface area contributed by atoms with Crippen molar-refractivity contribution in [1.82, 2.24) is 14.7 Å². The summed E-state index contributed by atoms with van der Waals surface area (Å²) in [4.78, 5) is 27.3. The normalized spacial score (nSPS) is 13.5. The number of sulfonamides is 1. The van der Waals surface area contributed by atoms with E-state index in [-0.39, 0.29) is 16.3 Å². The topological polar surface area (TPSA) is 112 Å². The van der Waals surface area contributed by atoms with Gasteiger partial charge in [-0.2, -0.15) is 0 Å².